The highest BCUT2D eigenvalue weighted by atomic mass is 32.1. The summed E-state index contributed by atoms with van der Waals surface area (Å²) < 4.78 is 13.3. The molecule has 0 aliphatic rings. The summed E-state index contributed by atoms with van der Waals surface area (Å²) >= 11 is 1.25. The highest BCUT2D eigenvalue weighted by Gasteiger charge is 2.18. The van der Waals surface area contributed by atoms with Crippen molar-refractivity contribution in [3.8, 4) is 11.8 Å². The minimum absolute atomic E-state index is 0.190. The zero-order valence-corrected chi connectivity index (χ0v) is 12.3. The molecule has 1 amide bonds. The summed E-state index contributed by atoms with van der Waals surface area (Å²) in [5, 5.41) is 8.66. The molecule has 1 aromatic heterocycles. The first-order valence-corrected chi connectivity index (χ1v) is 7.24. The smallest absolute Gasteiger partial charge is 0.268 e. The number of amides is 1. The monoisotopic (exact) mass is 303 g/mol. The van der Waals surface area contributed by atoms with Gasteiger partial charge in [0, 0.05) is 12.2 Å². The number of nitrogens with zero attached hydrogens (tertiary/aromatic N) is 1. The molecule has 21 heavy (non-hydrogen) atoms. The van der Waals surface area contributed by atoms with Crippen LogP contribution in [0.15, 0.2) is 36.4 Å². The number of hydrogen-bond donors (Lipinski definition) is 1. The van der Waals surface area contributed by atoms with Crippen LogP contribution in [0.25, 0.3) is 0 Å². The predicted octanol–water partition coefficient (Wildman–Crippen LogP) is 2.90. The lowest BCUT2D eigenvalue weighted by Crippen LogP contribution is -2.29. The lowest BCUT2D eigenvalue weighted by molar-refractivity contribution is 0.0992. The van der Waals surface area contributed by atoms with Crippen LogP contribution in [0.4, 0.5) is 10.1 Å². The van der Waals surface area contributed by atoms with E-state index in [0.717, 1.165) is 0 Å². The van der Waals surface area contributed by atoms with Gasteiger partial charge in [-0.25, -0.2) is 4.39 Å². The van der Waals surface area contributed by atoms with E-state index in [2.05, 4.69) is 11.8 Å². The van der Waals surface area contributed by atoms with Crippen LogP contribution in [0, 0.1) is 17.7 Å². The topological polar surface area (TPSA) is 40.5 Å². The highest BCUT2D eigenvalue weighted by Crippen LogP contribution is 2.22. The van der Waals surface area contributed by atoms with Crippen LogP contribution >= 0.6 is 11.3 Å². The van der Waals surface area contributed by atoms with Gasteiger partial charge in [-0.2, -0.15) is 0 Å². The summed E-state index contributed by atoms with van der Waals surface area (Å²) in [7, 11) is 0. The molecule has 1 N–H and O–H groups in total. The zero-order chi connectivity index (χ0) is 15.2. The predicted molar refractivity (Wildman–Crippen MR) is 82.0 cm³/mol. The Morgan fingerprint density at radius 1 is 1.38 bits per heavy atom. The number of carbonyl (C=O) groups is 1. The van der Waals surface area contributed by atoms with Crippen LogP contribution in [0.5, 0.6) is 0 Å². The normalized spacial score (nSPS) is 9.86. The van der Waals surface area contributed by atoms with Crippen molar-refractivity contribution in [2.45, 2.75) is 6.92 Å². The van der Waals surface area contributed by atoms with Crippen molar-refractivity contribution in [2.24, 2.45) is 0 Å². The summed E-state index contributed by atoms with van der Waals surface area (Å²) in [6.45, 7) is 2.06. The van der Waals surface area contributed by atoms with Crippen molar-refractivity contribution in [1.82, 2.24) is 0 Å². The Kier molecular flexibility index (Phi) is 5.09. The standard InChI is InChI=1S/C16H14FNO2S/c1-2-18(13-6-3-5-12(17)11-13)16(20)15-9-8-14(21-15)7-4-10-19/h3,5-6,8-9,11,19H,2,10H2,1H3. The molecule has 0 radical (unpaired) electrons. The van der Waals surface area contributed by atoms with Gasteiger partial charge in [-0.15, -0.1) is 11.3 Å². The van der Waals surface area contributed by atoms with Gasteiger partial charge in [0.25, 0.3) is 5.91 Å². The quantitative estimate of drug-likeness (QED) is 0.886. The van der Waals surface area contributed by atoms with E-state index in [0.29, 0.717) is 22.0 Å². The summed E-state index contributed by atoms with van der Waals surface area (Å²) in [4.78, 5) is 15.2. The summed E-state index contributed by atoms with van der Waals surface area (Å²) in [5.41, 5.74) is 0.527. The number of anilines is 1. The van der Waals surface area contributed by atoms with Crippen molar-refractivity contribution in [3.63, 3.8) is 0 Å². The number of benzene rings is 1. The lowest BCUT2D eigenvalue weighted by Gasteiger charge is -2.20. The van der Waals surface area contributed by atoms with Crippen molar-refractivity contribution in [3.05, 3.63) is 52.0 Å². The maximum atomic E-state index is 13.3. The average Bonchev–Trinajstić information content (AvgIpc) is 2.94. The van der Waals surface area contributed by atoms with Gasteiger partial charge in [-0.1, -0.05) is 17.9 Å². The van der Waals surface area contributed by atoms with E-state index < -0.39 is 0 Å². The summed E-state index contributed by atoms with van der Waals surface area (Å²) in [6, 6.07) is 9.38. The van der Waals surface area contributed by atoms with Crippen LogP contribution in [0.3, 0.4) is 0 Å². The van der Waals surface area contributed by atoms with Crippen molar-refractivity contribution in [2.75, 3.05) is 18.1 Å². The highest BCUT2D eigenvalue weighted by molar-refractivity contribution is 7.14. The molecule has 3 nitrogen and oxygen atoms in total. The molecule has 1 heterocycles. The fourth-order valence-electron chi connectivity index (χ4n) is 1.87. The van der Waals surface area contributed by atoms with E-state index in [-0.39, 0.29) is 18.3 Å². The van der Waals surface area contributed by atoms with Gasteiger partial charge in [0.1, 0.15) is 12.4 Å². The number of halogens is 1. The van der Waals surface area contributed by atoms with Crippen LogP contribution in [0.2, 0.25) is 0 Å². The molecule has 0 saturated heterocycles. The third-order valence-electron chi connectivity index (χ3n) is 2.79. The van der Waals surface area contributed by atoms with Crippen LogP contribution in [0.1, 0.15) is 21.5 Å². The fraction of sp³-hybridized carbons (Fsp3) is 0.188. The molecule has 0 unspecified atom stereocenters. The first-order chi connectivity index (χ1) is 10.2. The Hall–Kier alpha value is -2.16. The van der Waals surface area contributed by atoms with Gasteiger partial charge in [-0.3, -0.25) is 4.79 Å². The maximum Gasteiger partial charge on any atom is 0.268 e. The van der Waals surface area contributed by atoms with E-state index >= 15 is 0 Å². The molecule has 5 heteroatoms. The van der Waals surface area contributed by atoms with Gasteiger partial charge < -0.3 is 10.0 Å². The first-order valence-electron chi connectivity index (χ1n) is 6.42. The van der Waals surface area contributed by atoms with Crippen LogP contribution in [-0.4, -0.2) is 24.2 Å². The molecule has 0 spiro atoms. The fourth-order valence-corrected chi connectivity index (χ4v) is 2.70. The van der Waals surface area contributed by atoms with Gasteiger partial charge in [0.2, 0.25) is 0 Å². The van der Waals surface area contributed by atoms with E-state index in [9.17, 15) is 9.18 Å². The molecule has 0 bridgehead atoms. The maximum absolute atomic E-state index is 13.3. The third kappa shape index (κ3) is 3.69. The number of aliphatic hydroxyl groups is 1. The summed E-state index contributed by atoms with van der Waals surface area (Å²) in [5.74, 6) is 4.74. The summed E-state index contributed by atoms with van der Waals surface area (Å²) in [6.07, 6.45) is 0. The molecule has 2 rings (SSSR count). The lowest BCUT2D eigenvalue weighted by atomic mass is 10.2. The number of aliphatic hydroxyl groups excluding tert-OH is 1. The third-order valence-corrected chi connectivity index (χ3v) is 3.78. The van der Waals surface area contributed by atoms with Gasteiger partial charge in [0.05, 0.1) is 9.75 Å². The second-order valence-electron chi connectivity index (χ2n) is 4.15. The minimum atomic E-state index is -0.376. The van der Waals surface area contributed by atoms with Crippen LogP contribution < -0.4 is 4.90 Å². The second kappa shape index (κ2) is 7.02. The van der Waals surface area contributed by atoms with Crippen LogP contribution in [-0.2, 0) is 0 Å². The molecule has 2 aromatic rings. The Balaban J connectivity index is 2.26. The molecule has 0 aliphatic heterocycles. The number of rotatable bonds is 3. The molecule has 0 fully saturated rings. The Morgan fingerprint density at radius 2 is 2.19 bits per heavy atom. The number of thiophene rings is 1. The van der Waals surface area contributed by atoms with E-state index in [1.54, 1.807) is 24.3 Å². The van der Waals surface area contributed by atoms with Crippen molar-refractivity contribution in [1.29, 1.82) is 0 Å². The SMILES string of the molecule is CCN(C(=O)c1ccc(C#CCO)s1)c1cccc(F)c1. The molecule has 108 valence electrons. The average molecular weight is 303 g/mol. The Bertz CT molecular complexity index is 700. The zero-order valence-electron chi connectivity index (χ0n) is 11.5. The van der Waals surface area contributed by atoms with Crippen molar-refractivity contribution < 1.29 is 14.3 Å². The molecule has 1 aromatic carbocycles. The Labute approximate surface area is 126 Å². The molecular formula is C16H14FNO2S. The van der Waals surface area contributed by atoms with Crippen molar-refractivity contribution >= 4 is 22.9 Å². The van der Waals surface area contributed by atoms with Gasteiger partial charge in [0.15, 0.2) is 0 Å². The molecule has 0 saturated carbocycles. The first kappa shape index (κ1) is 15.2. The van der Waals surface area contributed by atoms with E-state index in [1.807, 2.05) is 6.92 Å². The minimum Gasteiger partial charge on any atom is -0.384 e. The largest absolute Gasteiger partial charge is 0.384 e. The van der Waals surface area contributed by atoms with E-state index in [4.69, 9.17) is 5.11 Å². The molecule has 0 atom stereocenters. The Morgan fingerprint density at radius 3 is 2.86 bits per heavy atom. The van der Waals surface area contributed by atoms with E-state index in [1.165, 1.54) is 28.4 Å². The number of hydrogen-bond acceptors (Lipinski definition) is 3. The van der Waals surface area contributed by atoms with Gasteiger partial charge in [-0.05, 0) is 37.3 Å². The second-order valence-corrected chi connectivity index (χ2v) is 5.24. The number of carbonyl (C=O) groups excluding carboxylic acids is 1. The molecular weight excluding hydrogens is 289 g/mol. The molecule has 0 aliphatic carbocycles. The van der Waals surface area contributed by atoms with Gasteiger partial charge >= 0.3 is 0 Å².